The number of hydrogen-bond acceptors (Lipinski definition) is 2. The van der Waals surface area contributed by atoms with Gasteiger partial charge in [-0.2, -0.15) is 0 Å². The number of likely N-dealkylation sites (tertiary alicyclic amines) is 1. The third-order valence-electron chi connectivity index (χ3n) is 6.83. The van der Waals surface area contributed by atoms with Crippen molar-refractivity contribution in [2.45, 2.75) is 51.0 Å². The molecule has 0 bridgehead atoms. The van der Waals surface area contributed by atoms with Crippen molar-refractivity contribution in [2.24, 2.45) is 5.92 Å². The van der Waals surface area contributed by atoms with Crippen molar-refractivity contribution in [1.82, 2.24) is 9.80 Å². The highest BCUT2D eigenvalue weighted by molar-refractivity contribution is 6.36. The van der Waals surface area contributed by atoms with Gasteiger partial charge in [0.25, 0.3) is 5.91 Å². The van der Waals surface area contributed by atoms with Crippen LogP contribution in [0.15, 0.2) is 36.4 Å². The van der Waals surface area contributed by atoms with Crippen molar-refractivity contribution >= 4 is 35.0 Å². The molecule has 4 nitrogen and oxygen atoms in total. The molecular weight excluding hydrogens is 443 g/mol. The van der Waals surface area contributed by atoms with E-state index in [1.807, 2.05) is 36.4 Å². The van der Waals surface area contributed by atoms with Crippen LogP contribution in [0, 0.1) is 5.92 Å². The summed E-state index contributed by atoms with van der Waals surface area (Å²) in [6, 6.07) is 11.7. The molecule has 2 fully saturated rings. The number of benzene rings is 2. The van der Waals surface area contributed by atoms with Crippen LogP contribution in [0.5, 0.6) is 0 Å². The van der Waals surface area contributed by atoms with Crippen molar-refractivity contribution in [3.8, 4) is 11.1 Å². The molecule has 1 atom stereocenters. The summed E-state index contributed by atoms with van der Waals surface area (Å²) in [5.74, 6) is 0.176. The molecule has 1 aliphatic heterocycles. The topological polar surface area (TPSA) is 40.6 Å². The Bertz CT molecular complexity index is 974. The fourth-order valence-electron chi connectivity index (χ4n) is 4.98. The predicted octanol–water partition coefficient (Wildman–Crippen LogP) is 6.09. The van der Waals surface area contributed by atoms with Crippen LogP contribution in [0.4, 0.5) is 0 Å². The van der Waals surface area contributed by atoms with Crippen molar-refractivity contribution in [3.63, 3.8) is 0 Å². The maximum atomic E-state index is 13.1. The van der Waals surface area contributed by atoms with Crippen LogP contribution < -0.4 is 0 Å². The first-order chi connectivity index (χ1) is 15.3. The minimum absolute atomic E-state index is 0.0357. The second-order valence-corrected chi connectivity index (χ2v) is 10.0. The van der Waals surface area contributed by atoms with Gasteiger partial charge in [0, 0.05) is 48.2 Å². The van der Waals surface area contributed by atoms with E-state index in [1.54, 1.807) is 19.0 Å². The Labute approximate surface area is 200 Å². The van der Waals surface area contributed by atoms with E-state index in [-0.39, 0.29) is 17.7 Å². The van der Waals surface area contributed by atoms with Gasteiger partial charge in [-0.05, 0) is 66.6 Å². The SMILES string of the molecule is CN(C)C(=O)c1ccc(-c2cc(Cl)c(CC3CCN(C4CCCCC4)C3=O)c(Cl)c2)cc1. The largest absolute Gasteiger partial charge is 0.345 e. The summed E-state index contributed by atoms with van der Waals surface area (Å²) in [5.41, 5.74) is 3.32. The molecule has 32 heavy (non-hydrogen) atoms. The van der Waals surface area contributed by atoms with Gasteiger partial charge >= 0.3 is 0 Å². The molecular formula is C26H30Cl2N2O2. The first-order valence-electron chi connectivity index (χ1n) is 11.5. The Balaban J connectivity index is 1.48. The molecule has 1 aliphatic carbocycles. The Kier molecular flexibility index (Phi) is 7.11. The van der Waals surface area contributed by atoms with E-state index in [9.17, 15) is 9.59 Å². The number of halogens is 2. The van der Waals surface area contributed by atoms with Crippen LogP contribution in [-0.4, -0.2) is 48.3 Å². The fourth-order valence-corrected chi connectivity index (χ4v) is 5.62. The lowest BCUT2D eigenvalue weighted by Gasteiger charge is -2.31. The van der Waals surface area contributed by atoms with E-state index in [2.05, 4.69) is 4.90 Å². The van der Waals surface area contributed by atoms with Gasteiger partial charge in [-0.15, -0.1) is 0 Å². The van der Waals surface area contributed by atoms with Gasteiger partial charge in [-0.1, -0.05) is 54.6 Å². The summed E-state index contributed by atoms with van der Waals surface area (Å²) >= 11 is 13.3. The Hall–Kier alpha value is -2.04. The molecule has 2 aliphatic rings. The zero-order chi connectivity index (χ0) is 22.8. The maximum absolute atomic E-state index is 13.1. The molecule has 0 radical (unpaired) electrons. The summed E-state index contributed by atoms with van der Waals surface area (Å²) in [6.07, 6.45) is 7.45. The van der Waals surface area contributed by atoms with Gasteiger partial charge in [0.15, 0.2) is 0 Å². The zero-order valence-electron chi connectivity index (χ0n) is 18.7. The fraction of sp³-hybridized carbons (Fsp3) is 0.462. The number of hydrogen-bond donors (Lipinski definition) is 0. The van der Waals surface area contributed by atoms with Crippen LogP contribution in [-0.2, 0) is 11.2 Å². The molecule has 0 aromatic heterocycles. The van der Waals surface area contributed by atoms with E-state index in [0.29, 0.717) is 28.1 Å². The van der Waals surface area contributed by atoms with E-state index in [4.69, 9.17) is 23.2 Å². The lowest BCUT2D eigenvalue weighted by Crippen LogP contribution is -2.39. The summed E-state index contributed by atoms with van der Waals surface area (Å²) in [7, 11) is 3.47. The average Bonchev–Trinajstić information content (AvgIpc) is 3.16. The lowest BCUT2D eigenvalue weighted by atomic mass is 9.93. The molecule has 2 amide bonds. The number of rotatable bonds is 5. The van der Waals surface area contributed by atoms with Crippen molar-refractivity contribution in [3.05, 3.63) is 57.6 Å². The normalized spacial score (nSPS) is 19.4. The van der Waals surface area contributed by atoms with Crippen LogP contribution in [0.2, 0.25) is 10.0 Å². The third-order valence-corrected chi connectivity index (χ3v) is 7.50. The minimum atomic E-state index is -0.0471. The van der Waals surface area contributed by atoms with Gasteiger partial charge < -0.3 is 9.80 Å². The van der Waals surface area contributed by atoms with Gasteiger partial charge in [0.05, 0.1) is 0 Å². The molecule has 2 aromatic carbocycles. The number of carbonyl (C=O) groups excluding carboxylic acids is 2. The van der Waals surface area contributed by atoms with Gasteiger partial charge in [-0.3, -0.25) is 9.59 Å². The average molecular weight is 473 g/mol. The molecule has 1 saturated heterocycles. The highest BCUT2D eigenvalue weighted by Crippen LogP contribution is 2.36. The highest BCUT2D eigenvalue weighted by atomic mass is 35.5. The summed E-state index contributed by atoms with van der Waals surface area (Å²) in [6.45, 7) is 0.847. The van der Waals surface area contributed by atoms with Gasteiger partial charge in [0.1, 0.15) is 0 Å². The molecule has 6 heteroatoms. The molecule has 1 unspecified atom stereocenters. The monoisotopic (exact) mass is 472 g/mol. The molecule has 2 aromatic rings. The lowest BCUT2D eigenvalue weighted by molar-refractivity contribution is -0.133. The molecule has 4 rings (SSSR count). The van der Waals surface area contributed by atoms with E-state index < -0.39 is 0 Å². The maximum Gasteiger partial charge on any atom is 0.253 e. The van der Waals surface area contributed by atoms with Crippen LogP contribution in [0.3, 0.4) is 0 Å². The van der Waals surface area contributed by atoms with Crippen LogP contribution in [0.25, 0.3) is 11.1 Å². The molecule has 1 heterocycles. The summed E-state index contributed by atoms with van der Waals surface area (Å²) in [5, 5.41) is 1.18. The minimum Gasteiger partial charge on any atom is -0.345 e. The molecule has 0 spiro atoms. The standard InChI is InChI=1S/C26H30Cl2N2O2/c1-29(2)25(31)18-10-8-17(9-11-18)20-15-23(27)22(24(28)16-20)14-19-12-13-30(26(19)32)21-6-4-3-5-7-21/h8-11,15-16,19,21H,3-7,12-14H2,1-2H3. The Morgan fingerprint density at radius 3 is 2.19 bits per heavy atom. The van der Waals surface area contributed by atoms with Crippen molar-refractivity contribution in [2.75, 3.05) is 20.6 Å². The summed E-state index contributed by atoms with van der Waals surface area (Å²) in [4.78, 5) is 28.8. The number of amides is 2. The Morgan fingerprint density at radius 1 is 0.969 bits per heavy atom. The number of nitrogens with zero attached hydrogens (tertiary/aromatic N) is 2. The Morgan fingerprint density at radius 2 is 1.59 bits per heavy atom. The second-order valence-electron chi connectivity index (χ2n) is 9.21. The van der Waals surface area contributed by atoms with Crippen LogP contribution in [0.1, 0.15) is 54.4 Å². The second kappa shape index (κ2) is 9.84. The van der Waals surface area contributed by atoms with Crippen molar-refractivity contribution < 1.29 is 9.59 Å². The molecule has 170 valence electrons. The number of carbonyl (C=O) groups is 2. The smallest absolute Gasteiger partial charge is 0.253 e. The quantitative estimate of drug-likeness (QED) is 0.528. The van der Waals surface area contributed by atoms with Crippen LogP contribution >= 0.6 is 23.2 Å². The summed E-state index contributed by atoms with van der Waals surface area (Å²) < 4.78 is 0. The molecule has 1 saturated carbocycles. The zero-order valence-corrected chi connectivity index (χ0v) is 20.3. The molecule has 0 N–H and O–H groups in total. The van der Waals surface area contributed by atoms with Crippen molar-refractivity contribution in [1.29, 1.82) is 0 Å². The van der Waals surface area contributed by atoms with E-state index >= 15 is 0 Å². The third kappa shape index (κ3) is 4.82. The first-order valence-corrected chi connectivity index (χ1v) is 12.2. The predicted molar refractivity (Wildman–Crippen MR) is 130 cm³/mol. The van der Waals surface area contributed by atoms with Gasteiger partial charge in [0.2, 0.25) is 5.91 Å². The highest BCUT2D eigenvalue weighted by Gasteiger charge is 2.36. The first kappa shape index (κ1) is 23.1. The van der Waals surface area contributed by atoms with Gasteiger partial charge in [-0.25, -0.2) is 0 Å². The van der Waals surface area contributed by atoms with E-state index in [1.165, 1.54) is 19.3 Å². The van der Waals surface area contributed by atoms with E-state index in [0.717, 1.165) is 42.5 Å².